The van der Waals surface area contributed by atoms with Crippen molar-refractivity contribution in [1.82, 2.24) is 10.2 Å². The van der Waals surface area contributed by atoms with Crippen molar-refractivity contribution in [3.63, 3.8) is 0 Å². The SMILES string of the molecule is CC(C)C(=O)N[C@H]1CCCN(Cc2cc3c(cc2Br)OCCCO3)C1. The van der Waals surface area contributed by atoms with E-state index in [1.54, 1.807) is 0 Å². The minimum absolute atomic E-state index is 0.0336. The van der Waals surface area contributed by atoms with Crippen LogP contribution in [0.2, 0.25) is 0 Å². The molecule has 0 saturated carbocycles. The average Bonchev–Trinajstić information content (AvgIpc) is 2.80. The van der Waals surface area contributed by atoms with Gasteiger partial charge in [0.15, 0.2) is 11.5 Å². The molecule has 1 aromatic rings. The maximum atomic E-state index is 12.0. The quantitative estimate of drug-likeness (QED) is 0.826. The Balaban J connectivity index is 1.65. The van der Waals surface area contributed by atoms with Crippen molar-refractivity contribution in [2.75, 3.05) is 26.3 Å². The number of hydrogen-bond donors (Lipinski definition) is 1. The zero-order valence-corrected chi connectivity index (χ0v) is 16.6. The summed E-state index contributed by atoms with van der Waals surface area (Å²) in [6.45, 7) is 8.04. The molecular weight excluding hydrogens is 384 g/mol. The van der Waals surface area contributed by atoms with Gasteiger partial charge in [-0.1, -0.05) is 29.8 Å². The molecule has 0 spiro atoms. The van der Waals surface area contributed by atoms with Crippen LogP contribution >= 0.6 is 15.9 Å². The highest BCUT2D eigenvalue weighted by atomic mass is 79.9. The van der Waals surface area contributed by atoms with E-state index >= 15 is 0 Å². The minimum atomic E-state index is 0.0336. The lowest BCUT2D eigenvalue weighted by Gasteiger charge is -2.33. The van der Waals surface area contributed by atoms with Gasteiger partial charge in [0.1, 0.15) is 0 Å². The maximum absolute atomic E-state index is 12.0. The monoisotopic (exact) mass is 410 g/mol. The lowest BCUT2D eigenvalue weighted by molar-refractivity contribution is -0.125. The molecule has 5 nitrogen and oxygen atoms in total. The van der Waals surface area contributed by atoms with Crippen LogP contribution < -0.4 is 14.8 Å². The molecule has 1 fully saturated rings. The molecule has 3 rings (SSSR count). The van der Waals surface area contributed by atoms with E-state index in [1.165, 1.54) is 5.56 Å². The number of nitrogens with one attached hydrogen (secondary N) is 1. The van der Waals surface area contributed by atoms with Gasteiger partial charge in [0.05, 0.1) is 13.2 Å². The van der Waals surface area contributed by atoms with Crippen molar-refractivity contribution in [1.29, 1.82) is 0 Å². The third-order valence-corrected chi connectivity index (χ3v) is 5.42. The number of piperidine rings is 1. The Kier molecular flexibility index (Phi) is 6.23. The number of benzene rings is 1. The zero-order chi connectivity index (χ0) is 17.8. The highest BCUT2D eigenvalue weighted by molar-refractivity contribution is 9.10. The highest BCUT2D eigenvalue weighted by Crippen LogP contribution is 2.36. The van der Waals surface area contributed by atoms with Crippen molar-refractivity contribution in [3.05, 3.63) is 22.2 Å². The number of carbonyl (C=O) groups excluding carboxylic acids is 1. The van der Waals surface area contributed by atoms with Gasteiger partial charge in [-0.15, -0.1) is 0 Å². The fourth-order valence-corrected chi connectivity index (χ4v) is 3.72. The fraction of sp³-hybridized carbons (Fsp3) is 0.632. The number of amides is 1. The molecule has 1 amide bonds. The van der Waals surface area contributed by atoms with Gasteiger partial charge in [0.25, 0.3) is 0 Å². The molecule has 1 atom stereocenters. The molecule has 138 valence electrons. The first-order valence-corrected chi connectivity index (χ1v) is 9.93. The first-order valence-electron chi connectivity index (χ1n) is 9.13. The largest absolute Gasteiger partial charge is 0.490 e. The number of halogens is 1. The normalized spacial score (nSPS) is 21.0. The fourth-order valence-electron chi connectivity index (χ4n) is 3.27. The van der Waals surface area contributed by atoms with Gasteiger partial charge in [-0.3, -0.25) is 9.69 Å². The molecule has 0 aromatic heterocycles. The van der Waals surface area contributed by atoms with E-state index in [1.807, 2.05) is 19.9 Å². The summed E-state index contributed by atoms with van der Waals surface area (Å²) in [5, 5.41) is 3.17. The highest BCUT2D eigenvalue weighted by Gasteiger charge is 2.23. The molecule has 0 radical (unpaired) electrons. The first kappa shape index (κ1) is 18.5. The summed E-state index contributed by atoms with van der Waals surface area (Å²) in [7, 11) is 0. The second kappa shape index (κ2) is 8.41. The molecule has 0 aliphatic carbocycles. The topological polar surface area (TPSA) is 50.8 Å². The molecule has 0 unspecified atom stereocenters. The lowest BCUT2D eigenvalue weighted by atomic mass is 10.0. The van der Waals surface area contributed by atoms with Crippen LogP contribution in [0.5, 0.6) is 11.5 Å². The molecule has 1 aromatic carbocycles. The van der Waals surface area contributed by atoms with Gasteiger partial charge in [-0.25, -0.2) is 0 Å². The van der Waals surface area contributed by atoms with E-state index in [9.17, 15) is 4.79 Å². The minimum Gasteiger partial charge on any atom is -0.490 e. The molecule has 1 N–H and O–H groups in total. The van der Waals surface area contributed by atoms with Crippen LogP contribution in [0.3, 0.4) is 0 Å². The predicted octanol–water partition coefficient (Wildman–Crippen LogP) is 3.35. The number of likely N-dealkylation sites (tertiary alicyclic amines) is 1. The second-order valence-corrected chi connectivity index (χ2v) is 8.03. The van der Waals surface area contributed by atoms with E-state index in [0.717, 1.165) is 54.9 Å². The van der Waals surface area contributed by atoms with Gasteiger partial charge >= 0.3 is 0 Å². The second-order valence-electron chi connectivity index (χ2n) is 7.18. The van der Waals surface area contributed by atoms with Crippen molar-refractivity contribution in [2.45, 2.75) is 45.7 Å². The summed E-state index contributed by atoms with van der Waals surface area (Å²) in [5.74, 6) is 1.82. The molecule has 6 heteroatoms. The first-order chi connectivity index (χ1) is 12.0. The summed E-state index contributed by atoms with van der Waals surface area (Å²) in [6.07, 6.45) is 3.06. The number of ether oxygens (including phenoxy) is 2. The van der Waals surface area contributed by atoms with E-state index in [2.05, 4.69) is 32.2 Å². The Morgan fingerprint density at radius 2 is 2.00 bits per heavy atom. The Labute approximate surface area is 158 Å². The van der Waals surface area contributed by atoms with Crippen LogP contribution in [0.25, 0.3) is 0 Å². The Hall–Kier alpha value is -1.27. The molecule has 0 bridgehead atoms. The van der Waals surface area contributed by atoms with E-state index in [-0.39, 0.29) is 17.9 Å². The molecule has 1 saturated heterocycles. The van der Waals surface area contributed by atoms with E-state index in [4.69, 9.17) is 9.47 Å². The standard InChI is InChI=1S/C19H27BrN2O3/c1-13(2)19(23)21-15-5-3-6-22(12-15)11-14-9-17-18(10-16(14)20)25-8-4-7-24-17/h9-10,13,15H,3-8,11-12H2,1-2H3,(H,21,23)/t15-/m0/s1. The number of rotatable bonds is 4. The van der Waals surface area contributed by atoms with E-state index in [0.29, 0.717) is 13.2 Å². The van der Waals surface area contributed by atoms with Gasteiger partial charge in [-0.2, -0.15) is 0 Å². The van der Waals surface area contributed by atoms with Crippen LogP contribution in [0.1, 0.15) is 38.7 Å². The van der Waals surface area contributed by atoms with Crippen LogP contribution in [0, 0.1) is 5.92 Å². The van der Waals surface area contributed by atoms with Crippen LogP contribution in [0.15, 0.2) is 16.6 Å². The summed E-state index contributed by atoms with van der Waals surface area (Å²) in [5.41, 5.74) is 1.19. The zero-order valence-electron chi connectivity index (χ0n) is 15.0. The van der Waals surface area contributed by atoms with Crippen molar-refractivity contribution >= 4 is 21.8 Å². The average molecular weight is 411 g/mol. The van der Waals surface area contributed by atoms with Crippen LogP contribution in [0.4, 0.5) is 0 Å². The third-order valence-electron chi connectivity index (χ3n) is 4.69. The molecular formula is C19H27BrN2O3. The number of hydrogen-bond acceptors (Lipinski definition) is 4. The number of fused-ring (bicyclic) bond motifs is 1. The van der Waals surface area contributed by atoms with Gasteiger partial charge in [0, 0.05) is 35.9 Å². The Bertz CT molecular complexity index is 621. The van der Waals surface area contributed by atoms with Crippen LogP contribution in [-0.4, -0.2) is 43.2 Å². The summed E-state index contributed by atoms with van der Waals surface area (Å²) in [6, 6.07) is 4.33. The Morgan fingerprint density at radius 3 is 2.72 bits per heavy atom. The summed E-state index contributed by atoms with van der Waals surface area (Å²) < 4.78 is 12.6. The smallest absolute Gasteiger partial charge is 0.222 e. The molecule has 2 heterocycles. The number of carbonyl (C=O) groups is 1. The van der Waals surface area contributed by atoms with Gasteiger partial charge in [0.2, 0.25) is 5.91 Å². The number of nitrogens with zero attached hydrogens (tertiary/aromatic N) is 1. The third kappa shape index (κ3) is 4.88. The maximum Gasteiger partial charge on any atom is 0.222 e. The van der Waals surface area contributed by atoms with Gasteiger partial charge in [-0.05, 0) is 37.1 Å². The summed E-state index contributed by atoms with van der Waals surface area (Å²) >= 11 is 3.67. The van der Waals surface area contributed by atoms with Crippen molar-refractivity contribution in [2.24, 2.45) is 5.92 Å². The van der Waals surface area contributed by atoms with E-state index < -0.39 is 0 Å². The van der Waals surface area contributed by atoms with Crippen molar-refractivity contribution in [3.8, 4) is 11.5 Å². The molecule has 2 aliphatic rings. The summed E-state index contributed by atoms with van der Waals surface area (Å²) in [4.78, 5) is 14.4. The lowest BCUT2D eigenvalue weighted by Crippen LogP contribution is -2.48. The van der Waals surface area contributed by atoms with Gasteiger partial charge < -0.3 is 14.8 Å². The van der Waals surface area contributed by atoms with Crippen molar-refractivity contribution < 1.29 is 14.3 Å². The van der Waals surface area contributed by atoms with Crippen LogP contribution in [-0.2, 0) is 11.3 Å². The molecule has 2 aliphatic heterocycles. The molecule has 25 heavy (non-hydrogen) atoms. The predicted molar refractivity (Wildman–Crippen MR) is 101 cm³/mol. The Morgan fingerprint density at radius 1 is 1.28 bits per heavy atom.